The number of amides is 1. The molecular formula is C19H22N2O3. The van der Waals surface area contributed by atoms with Gasteiger partial charge in [-0.15, -0.1) is 0 Å². The maximum Gasteiger partial charge on any atom is 0.271 e. The van der Waals surface area contributed by atoms with E-state index in [4.69, 9.17) is 9.47 Å². The van der Waals surface area contributed by atoms with Gasteiger partial charge < -0.3 is 9.47 Å². The Bertz CT molecular complexity index is 699. The first-order chi connectivity index (χ1) is 11.7. The number of unbranched alkanes of at least 4 members (excludes halogenated alkanes) is 1. The molecule has 5 heteroatoms. The van der Waals surface area contributed by atoms with Gasteiger partial charge in [-0.1, -0.05) is 31.5 Å². The van der Waals surface area contributed by atoms with Gasteiger partial charge in [0.25, 0.3) is 5.91 Å². The van der Waals surface area contributed by atoms with E-state index < -0.39 is 0 Å². The van der Waals surface area contributed by atoms with Gasteiger partial charge in [-0.05, 0) is 42.3 Å². The minimum absolute atomic E-state index is 0.291. The Labute approximate surface area is 142 Å². The van der Waals surface area contributed by atoms with Crippen LogP contribution in [0.3, 0.4) is 0 Å². The average Bonchev–Trinajstić information content (AvgIpc) is 2.62. The summed E-state index contributed by atoms with van der Waals surface area (Å²) in [5, 5.41) is 3.99. The van der Waals surface area contributed by atoms with Crippen LogP contribution in [0.1, 0.15) is 35.7 Å². The molecule has 0 saturated heterocycles. The second-order valence-corrected chi connectivity index (χ2v) is 5.21. The van der Waals surface area contributed by atoms with E-state index >= 15 is 0 Å². The molecule has 0 unspecified atom stereocenters. The molecule has 126 valence electrons. The van der Waals surface area contributed by atoms with Crippen LogP contribution < -0.4 is 14.9 Å². The molecule has 1 N–H and O–H groups in total. The van der Waals surface area contributed by atoms with Crippen molar-refractivity contribution in [3.63, 3.8) is 0 Å². The highest BCUT2D eigenvalue weighted by atomic mass is 16.5. The summed E-state index contributed by atoms with van der Waals surface area (Å²) in [7, 11) is 1.56. The summed E-state index contributed by atoms with van der Waals surface area (Å²) in [5.41, 5.74) is 3.85. The van der Waals surface area contributed by atoms with Gasteiger partial charge >= 0.3 is 0 Å². The number of benzene rings is 2. The predicted octanol–water partition coefficient (Wildman–Crippen LogP) is 3.64. The van der Waals surface area contributed by atoms with Gasteiger partial charge in [0.1, 0.15) is 11.5 Å². The van der Waals surface area contributed by atoms with Gasteiger partial charge in [-0.3, -0.25) is 4.79 Å². The van der Waals surface area contributed by atoms with E-state index in [0.29, 0.717) is 17.9 Å². The van der Waals surface area contributed by atoms with Crippen molar-refractivity contribution < 1.29 is 14.3 Å². The normalized spacial score (nSPS) is 10.6. The second-order valence-electron chi connectivity index (χ2n) is 5.21. The van der Waals surface area contributed by atoms with Gasteiger partial charge in [0, 0.05) is 5.56 Å². The van der Waals surface area contributed by atoms with Crippen LogP contribution in [-0.2, 0) is 0 Å². The van der Waals surface area contributed by atoms with Gasteiger partial charge in [0.15, 0.2) is 0 Å². The highest BCUT2D eigenvalue weighted by molar-refractivity contribution is 5.95. The van der Waals surface area contributed by atoms with E-state index in [0.717, 1.165) is 24.2 Å². The number of rotatable bonds is 8. The first kappa shape index (κ1) is 17.5. The Hall–Kier alpha value is -2.82. The lowest BCUT2D eigenvalue weighted by molar-refractivity contribution is 0.0955. The molecule has 2 rings (SSSR count). The van der Waals surface area contributed by atoms with Gasteiger partial charge in [-0.2, -0.15) is 5.10 Å². The van der Waals surface area contributed by atoms with Crippen LogP contribution in [0.5, 0.6) is 11.5 Å². The lowest BCUT2D eigenvalue weighted by atomic mass is 10.2. The van der Waals surface area contributed by atoms with Crippen LogP contribution in [0.2, 0.25) is 0 Å². The van der Waals surface area contributed by atoms with Crippen LogP contribution in [-0.4, -0.2) is 25.8 Å². The molecule has 2 aromatic rings. The third-order valence-corrected chi connectivity index (χ3v) is 3.34. The molecule has 0 bridgehead atoms. The summed E-state index contributed by atoms with van der Waals surface area (Å²) in [6.07, 6.45) is 3.71. The number of hydrogen-bond donors (Lipinski definition) is 1. The Balaban J connectivity index is 1.93. The summed E-state index contributed by atoms with van der Waals surface area (Å²) in [5.74, 6) is 1.13. The van der Waals surface area contributed by atoms with E-state index in [1.165, 1.54) is 0 Å². The van der Waals surface area contributed by atoms with Crippen molar-refractivity contribution >= 4 is 12.1 Å². The highest BCUT2D eigenvalue weighted by Gasteiger charge is 2.05. The molecule has 24 heavy (non-hydrogen) atoms. The van der Waals surface area contributed by atoms with Crippen molar-refractivity contribution in [3.8, 4) is 11.5 Å². The lowest BCUT2D eigenvalue weighted by Crippen LogP contribution is -2.17. The zero-order valence-corrected chi connectivity index (χ0v) is 14.0. The average molecular weight is 326 g/mol. The van der Waals surface area contributed by atoms with E-state index in [-0.39, 0.29) is 5.91 Å². The smallest absolute Gasteiger partial charge is 0.271 e. The molecular weight excluding hydrogens is 304 g/mol. The SMILES string of the molecule is CCCCOc1cccc(/C=N/NC(=O)c2cccc(OC)c2)c1. The second kappa shape index (κ2) is 9.35. The zero-order valence-electron chi connectivity index (χ0n) is 14.0. The molecule has 0 aliphatic heterocycles. The molecule has 2 aromatic carbocycles. The van der Waals surface area contributed by atoms with Crippen LogP contribution in [0.25, 0.3) is 0 Å². The van der Waals surface area contributed by atoms with Gasteiger partial charge in [-0.25, -0.2) is 5.43 Å². The zero-order chi connectivity index (χ0) is 17.2. The van der Waals surface area contributed by atoms with E-state index in [9.17, 15) is 4.79 Å². The monoisotopic (exact) mass is 326 g/mol. The summed E-state index contributed by atoms with van der Waals surface area (Å²) in [6, 6.07) is 14.5. The molecule has 0 radical (unpaired) electrons. The quantitative estimate of drug-likeness (QED) is 0.458. The Kier molecular flexibility index (Phi) is 6.83. The van der Waals surface area contributed by atoms with Crippen molar-refractivity contribution in [1.82, 2.24) is 5.43 Å². The van der Waals surface area contributed by atoms with Crippen LogP contribution in [0, 0.1) is 0 Å². The number of nitrogens with zero attached hydrogens (tertiary/aromatic N) is 1. The summed E-state index contributed by atoms with van der Waals surface area (Å²) >= 11 is 0. The number of hydrogen-bond acceptors (Lipinski definition) is 4. The number of hydrazone groups is 1. The summed E-state index contributed by atoms with van der Waals surface area (Å²) < 4.78 is 10.7. The third kappa shape index (κ3) is 5.43. The maximum absolute atomic E-state index is 12.0. The maximum atomic E-state index is 12.0. The highest BCUT2D eigenvalue weighted by Crippen LogP contribution is 2.13. The first-order valence-electron chi connectivity index (χ1n) is 7.93. The number of ether oxygens (including phenoxy) is 2. The summed E-state index contributed by atoms with van der Waals surface area (Å²) in [4.78, 5) is 12.0. The third-order valence-electron chi connectivity index (χ3n) is 3.34. The fourth-order valence-corrected chi connectivity index (χ4v) is 2.01. The molecule has 0 saturated carbocycles. The summed E-state index contributed by atoms with van der Waals surface area (Å²) in [6.45, 7) is 2.82. The van der Waals surface area contributed by atoms with Crippen LogP contribution in [0.4, 0.5) is 0 Å². The van der Waals surface area contributed by atoms with Crippen LogP contribution >= 0.6 is 0 Å². The van der Waals surface area contributed by atoms with Crippen molar-refractivity contribution in [2.45, 2.75) is 19.8 Å². The molecule has 0 heterocycles. The molecule has 0 aliphatic carbocycles. The molecule has 5 nitrogen and oxygen atoms in total. The van der Waals surface area contributed by atoms with E-state index in [2.05, 4.69) is 17.5 Å². The van der Waals surface area contributed by atoms with Gasteiger partial charge in [0.2, 0.25) is 0 Å². The Morgan fingerprint density at radius 3 is 2.75 bits per heavy atom. The largest absolute Gasteiger partial charge is 0.497 e. The molecule has 0 atom stereocenters. The molecule has 0 fully saturated rings. The van der Waals surface area contributed by atoms with Crippen molar-refractivity contribution in [1.29, 1.82) is 0 Å². The number of carbonyl (C=O) groups is 1. The lowest BCUT2D eigenvalue weighted by Gasteiger charge is -2.05. The van der Waals surface area contributed by atoms with Crippen molar-refractivity contribution in [2.24, 2.45) is 5.10 Å². The molecule has 0 aliphatic rings. The molecule has 0 aromatic heterocycles. The minimum atomic E-state index is -0.291. The van der Waals surface area contributed by atoms with Crippen LogP contribution in [0.15, 0.2) is 53.6 Å². The fourth-order valence-electron chi connectivity index (χ4n) is 2.01. The van der Waals surface area contributed by atoms with E-state index in [1.54, 1.807) is 37.6 Å². The Morgan fingerprint density at radius 1 is 1.17 bits per heavy atom. The van der Waals surface area contributed by atoms with Crippen molar-refractivity contribution in [3.05, 3.63) is 59.7 Å². The first-order valence-corrected chi connectivity index (χ1v) is 7.93. The standard InChI is InChI=1S/C19H22N2O3/c1-3-4-11-24-18-10-5-7-15(12-18)14-20-21-19(22)16-8-6-9-17(13-16)23-2/h5-10,12-14H,3-4,11H2,1-2H3,(H,21,22)/b20-14+. The van der Waals surface area contributed by atoms with E-state index in [1.807, 2.05) is 24.3 Å². The fraction of sp³-hybridized carbons (Fsp3) is 0.263. The number of carbonyl (C=O) groups excluding carboxylic acids is 1. The number of methoxy groups -OCH3 is 1. The topological polar surface area (TPSA) is 59.9 Å². The Morgan fingerprint density at radius 2 is 1.96 bits per heavy atom. The molecule has 0 spiro atoms. The number of nitrogens with one attached hydrogen (secondary N) is 1. The van der Waals surface area contributed by atoms with Gasteiger partial charge in [0.05, 0.1) is 19.9 Å². The van der Waals surface area contributed by atoms with Crippen molar-refractivity contribution in [2.75, 3.05) is 13.7 Å². The molecule has 1 amide bonds. The predicted molar refractivity (Wildman–Crippen MR) is 94.9 cm³/mol. The minimum Gasteiger partial charge on any atom is -0.497 e.